The zero-order valence-corrected chi connectivity index (χ0v) is 10.8. The second-order valence-electron chi connectivity index (χ2n) is 5.04. The maximum atomic E-state index is 10.1. The average Bonchev–Trinajstić information content (AvgIpc) is 2.09. The lowest BCUT2D eigenvalue weighted by atomic mass is 9.94. The van der Waals surface area contributed by atoms with Crippen molar-refractivity contribution in [2.75, 3.05) is 19.8 Å². The molecule has 2 unspecified atom stereocenters. The molecule has 0 fully saturated rings. The summed E-state index contributed by atoms with van der Waals surface area (Å²) in [7, 11) is 0. The van der Waals surface area contributed by atoms with E-state index in [1.807, 2.05) is 13.8 Å². The van der Waals surface area contributed by atoms with E-state index in [0.29, 0.717) is 25.1 Å². The van der Waals surface area contributed by atoms with Gasteiger partial charge >= 0.3 is 0 Å². The minimum absolute atomic E-state index is 0.295. The van der Waals surface area contributed by atoms with Gasteiger partial charge in [-0.05, 0) is 33.1 Å². The molecule has 0 heterocycles. The van der Waals surface area contributed by atoms with E-state index < -0.39 is 5.60 Å². The van der Waals surface area contributed by atoms with Gasteiger partial charge in [0.15, 0.2) is 0 Å². The van der Waals surface area contributed by atoms with Crippen molar-refractivity contribution >= 4 is 0 Å². The minimum Gasteiger partial charge on any atom is -0.389 e. The van der Waals surface area contributed by atoms with E-state index in [1.165, 1.54) is 0 Å². The second kappa shape index (κ2) is 7.20. The van der Waals surface area contributed by atoms with Crippen molar-refractivity contribution in [2.24, 2.45) is 5.92 Å². The van der Waals surface area contributed by atoms with Crippen LogP contribution < -0.4 is 5.32 Å². The largest absolute Gasteiger partial charge is 0.389 e. The van der Waals surface area contributed by atoms with Crippen molar-refractivity contribution in [1.82, 2.24) is 5.32 Å². The molecule has 0 aromatic rings. The van der Waals surface area contributed by atoms with Gasteiger partial charge in [0.1, 0.15) is 0 Å². The van der Waals surface area contributed by atoms with Crippen LogP contribution in [0.2, 0.25) is 0 Å². The van der Waals surface area contributed by atoms with Crippen LogP contribution in [0.1, 0.15) is 41.0 Å². The van der Waals surface area contributed by atoms with Crippen LogP contribution in [-0.4, -0.2) is 36.5 Å². The van der Waals surface area contributed by atoms with Crippen LogP contribution >= 0.6 is 0 Å². The highest BCUT2D eigenvalue weighted by Gasteiger charge is 2.22. The Morgan fingerprint density at radius 2 is 1.93 bits per heavy atom. The van der Waals surface area contributed by atoms with Crippen molar-refractivity contribution < 1.29 is 9.84 Å². The molecule has 0 rings (SSSR count). The van der Waals surface area contributed by atoms with Crippen molar-refractivity contribution in [3.8, 4) is 0 Å². The predicted octanol–water partition coefficient (Wildman–Crippen LogP) is 1.80. The number of hydrogen-bond acceptors (Lipinski definition) is 3. The molecule has 2 N–H and O–H groups in total. The summed E-state index contributed by atoms with van der Waals surface area (Å²) in [5, 5.41) is 13.3. The van der Waals surface area contributed by atoms with E-state index in [2.05, 4.69) is 26.1 Å². The summed E-state index contributed by atoms with van der Waals surface area (Å²) in [5.41, 5.74) is -0.616. The number of rotatable bonds is 8. The van der Waals surface area contributed by atoms with Crippen LogP contribution in [0.15, 0.2) is 0 Å². The quantitative estimate of drug-likeness (QED) is 0.651. The fourth-order valence-corrected chi connectivity index (χ4v) is 1.70. The van der Waals surface area contributed by atoms with Crippen LogP contribution in [0, 0.1) is 5.92 Å². The Morgan fingerprint density at radius 3 is 2.40 bits per heavy atom. The van der Waals surface area contributed by atoms with Crippen LogP contribution in [0.4, 0.5) is 0 Å². The topological polar surface area (TPSA) is 41.5 Å². The lowest BCUT2D eigenvalue weighted by Gasteiger charge is -2.27. The maximum absolute atomic E-state index is 10.1. The van der Waals surface area contributed by atoms with Crippen molar-refractivity contribution in [1.29, 1.82) is 0 Å². The summed E-state index contributed by atoms with van der Waals surface area (Å²) in [6.45, 7) is 12.3. The van der Waals surface area contributed by atoms with Gasteiger partial charge in [0.05, 0.1) is 12.2 Å². The zero-order chi connectivity index (χ0) is 11.9. The molecule has 2 atom stereocenters. The molecule has 3 heteroatoms. The first kappa shape index (κ1) is 14.9. The van der Waals surface area contributed by atoms with Gasteiger partial charge in [0, 0.05) is 19.2 Å². The van der Waals surface area contributed by atoms with Crippen molar-refractivity contribution in [3.63, 3.8) is 0 Å². The standard InChI is InChI=1S/C12H27NO2/c1-6-15-8-11(4)13-9-12(5,14)7-10(2)3/h10-11,13-14H,6-9H2,1-5H3. The summed E-state index contributed by atoms with van der Waals surface area (Å²) in [6.07, 6.45) is 0.821. The number of nitrogens with one attached hydrogen (secondary N) is 1. The molecular formula is C12H27NO2. The van der Waals surface area contributed by atoms with Crippen molar-refractivity contribution in [2.45, 2.75) is 52.7 Å². The van der Waals surface area contributed by atoms with Gasteiger partial charge in [0.25, 0.3) is 0 Å². The smallest absolute Gasteiger partial charge is 0.0746 e. The molecule has 0 aromatic carbocycles. The zero-order valence-electron chi connectivity index (χ0n) is 10.8. The minimum atomic E-state index is -0.616. The molecule has 15 heavy (non-hydrogen) atoms. The van der Waals surface area contributed by atoms with E-state index in [-0.39, 0.29) is 0 Å². The lowest BCUT2D eigenvalue weighted by molar-refractivity contribution is 0.0316. The Hall–Kier alpha value is -0.120. The summed E-state index contributed by atoms with van der Waals surface area (Å²) in [6, 6.07) is 0.295. The van der Waals surface area contributed by atoms with E-state index in [9.17, 15) is 5.11 Å². The monoisotopic (exact) mass is 217 g/mol. The van der Waals surface area contributed by atoms with Gasteiger partial charge in [-0.3, -0.25) is 0 Å². The average molecular weight is 217 g/mol. The highest BCUT2D eigenvalue weighted by molar-refractivity contribution is 4.78. The molecule has 0 bridgehead atoms. The van der Waals surface area contributed by atoms with Crippen LogP contribution in [-0.2, 0) is 4.74 Å². The summed E-state index contributed by atoms with van der Waals surface area (Å²) >= 11 is 0. The summed E-state index contributed by atoms with van der Waals surface area (Å²) in [4.78, 5) is 0. The van der Waals surface area contributed by atoms with Crippen LogP contribution in [0.25, 0.3) is 0 Å². The number of aliphatic hydroxyl groups is 1. The molecule has 0 saturated heterocycles. The molecule has 3 nitrogen and oxygen atoms in total. The molecule has 0 radical (unpaired) electrons. The third-order valence-corrected chi connectivity index (χ3v) is 2.25. The number of ether oxygens (including phenoxy) is 1. The van der Waals surface area contributed by atoms with Crippen molar-refractivity contribution in [3.05, 3.63) is 0 Å². The Kier molecular flexibility index (Phi) is 7.14. The van der Waals surface area contributed by atoms with Gasteiger partial charge in [-0.1, -0.05) is 13.8 Å². The molecule has 0 aromatic heterocycles. The first-order valence-corrected chi connectivity index (χ1v) is 5.91. The molecule has 0 aliphatic heterocycles. The Bertz CT molecular complexity index is 158. The van der Waals surface area contributed by atoms with Gasteiger partial charge in [0.2, 0.25) is 0 Å². The van der Waals surface area contributed by atoms with E-state index in [0.717, 1.165) is 13.0 Å². The Labute approximate surface area is 94.2 Å². The first-order valence-electron chi connectivity index (χ1n) is 5.91. The summed E-state index contributed by atoms with van der Waals surface area (Å²) < 4.78 is 5.30. The number of hydrogen-bond donors (Lipinski definition) is 2. The van der Waals surface area contributed by atoms with E-state index in [1.54, 1.807) is 0 Å². The highest BCUT2D eigenvalue weighted by Crippen LogP contribution is 2.15. The van der Waals surface area contributed by atoms with Gasteiger partial charge in [-0.25, -0.2) is 0 Å². The molecule has 0 aliphatic rings. The SMILES string of the molecule is CCOCC(C)NCC(C)(O)CC(C)C. The lowest BCUT2D eigenvalue weighted by Crippen LogP contribution is -2.43. The van der Waals surface area contributed by atoms with Gasteiger partial charge < -0.3 is 15.2 Å². The fraction of sp³-hybridized carbons (Fsp3) is 1.00. The first-order chi connectivity index (χ1) is 6.87. The van der Waals surface area contributed by atoms with E-state index >= 15 is 0 Å². The predicted molar refractivity (Wildman–Crippen MR) is 64.0 cm³/mol. The maximum Gasteiger partial charge on any atom is 0.0746 e. The van der Waals surface area contributed by atoms with Crippen LogP contribution in [0.3, 0.4) is 0 Å². The Morgan fingerprint density at radius 1 is 1.33 bits per heavy atom. The van der Waals surface area contributed by atoms with Crippen LogP contribution in [0.5, 0.6) is 0 Å². The molecule has 0 saturated carbocycles. The third kappa shape index (κ3) is 8.85. The Balaban J connectivity index is 3.71. The van der Waals surface area contributed by atoms with Gasteiger partial charge in [-0.2, -0.15) is 0 Å². The fourth-order valence-electron chi connectivity index (χ4n) is 1.70. The molecular weight excluding hydrogens is 190 g/mol. The molecule has 0 spiro atoms. The molecule has 92 valence electrons. The van der Waals surface area contributed by atoms with E-state index in [4.69, 9.17) is 4.74 Å². The third-order valence-electron chi connectivity index (χ3n) is 2.25. The normalized spacial score (nSPS) is 17.8. The second-order valence-corrected chi connectivity index (χ2v) is 5.04. The highest BCUT2D eigenvalue weighted by atomic mass is 16.5. The summed E-state index contributed by atoms with van der Waals surface area (Å²) in [5.74, 6) is 0.518. The molecule has 0 aliphatic carbocycles. The molecule has 0 amide bonds. The van der Waals surface area contributed by atoms with Gasteiger partial charge in [-0.15, -0.1) is 0 Å².